The van der Waals surface area contributed by atoms with Crippen LogP contribution in [0.25, 0.3) is 0 Å². The lowest BCUT2D eigenvalue weighted by atomic mass is 10.0. The van der Waals surface area contributed by atoms with Gasteiger partial charge in [0.1, 0.15) is 6.04 Å². The SMILES string of the molecule is CNC1C(=O)N(CCOC)c2c(C)cc(C)cc21. The van der Waals surface area contributed by atoms with Gasteiger partial charge in [-0.25, -0.2) is 0 Å². The Morgan fingerprint density at radius 3 is 2.72 bits per heavy atom. The first-order valence-corrected chi connectivity index (χ1v) is 6.19. The molecular weight excluding hydrogens is 228 g/mol. The van der Waals surface area contributed by atoms with Gasteiger partial charge in [0.05, 0.1) is 12.3 Å². The van der Waals surface area contributed by atoms with Crippen LogP contribution in [-0.2, 0) is 9.53 Å². The van der Waals surface area contributed by atoms with E-state index < -0.39 is 0 Å². The average molecular weight is 248 g/mol. The molecule has 0 aromatic heterocycles. The van der Waals surface area contributed by atoms with E-state index in [1.165, 1.54) is 5.56 Å². The predicted molar refractivity (Wildman–Crippen MR) is 71.9 cm³/mol. The number of nitrogens with zero attached hydrogens (tertiary/aromatic N) is 1. The summed E-state index contributed by atoms with van der Waals surface area (Å²) in [4.78, 5) is 14.2. The second-order valence-corrected chi connectivity index (χ2v) is 4.72. The third-order valence-corrected chi connectivity index (χ3v) is 3.38. The number of benzene rings is 1. The molecule has 0 radical (unpaired) electrons. The summed E-state index contributed by atoms with van der Waals surface area (Å²) in [5.74, 6) is 0.109. The number of amides is 1. The van der Waals surface area contributed by atoms with Gasteiger partial charge in [0.25, 0.3) is 0 Å². The van der Waals surface area contributed by atoms with Crippen LogP contribution in [0.5, 0.6) is 0 Å². The van der Waals surface area contributed by atoms with Crippen LogP contribution >= 0.6 is 0 Å². The number of rotatable bonds is 4. The maximum absolute atomic E-state index is 12.4. The fourth-order valence-electron chi connectivity index (χ4n) is 2.66. The summed E-state index contributed by atoms with van der Waals surface area (Å²) in [5.41, 5.74) is 4.46. The number of methoxy groups -OCH3 is 1. The molecule has 1 atom stereocenters. The number of ether oxygens (including phenoxy) is 1. The van der Waals surface area contributed by atoms with Gasteiger partial charge >= 0.3 is 0 Å². The van der Waals surface area contributed by atoms with Gasteiger partial charge in [-0.05, 0) is 26.5 Å². The highest BCUT2D eigenvalue weighted by Crippen LogP contribution is 2.38. The number of carbonyl (C=O) groups is 1. The van der Waals surface area contributed by atoms with Crippen LogP contribution in [0.4, 0.5) is 5.69 Å². The van der Waals surface area contributed by atoms with Crippen molar-refractivity contribution in [3.63, 3.8) is 0 Å². The lowest BCUT2D eigenvalue weighted by Crippen LogP contribution is -2.35. The summed E-state index contributed by atoms with van der Waals surface area (Å²) in [6, 6.07) is 3.98. The Hall–Kier alpha value is -1.39. The molecule has 1 aromatic rings. The standard InChI is InChI=1S/C14H20N2O2/c1-9-7-10(2)13-11(8-9)12(15-3)14(17)16(13)5-6-18-4/h7-8,12,15H,5-6H2,1-4H3. The van der Waals surface area contributed by atoms with Crippen molar-refractivity contribution in [1.29, 1.82) is 0 Å². The lowest BCUT2D eigenvalue weighted by Gasteiger charge is -2.19. The van der Waals surface area contributed by atoms with E-state index in [4.69, 9.17) is 4.74 Å². The van der Waals surface area contributed by atoms with Gasteiger partial charge in [0.15, 0.2) is 0 Å². The van der Waals surface area contributed by atoms with Gasteiger partial charge in [0.2, 0.25) is 5.91 Å². The predicted octanol–water partition coefficient (Wildman–Crippen LogP) is 1.56. The molecule has 1 aliphatic rings. The summed E-state index contributed by atoms with van der Waals surface area (Å²) in [7, 11) is 3.48. The minimum atomic E-state index is -0.226. The van der Waals surface area contributed by atoms with Gasteiger partial charge in [-0.3, -0.25) is 4.79 Å². The fraction of sp³-hybridized carbons (Fsp3) is 0.500. The summed E-state index contributed by atoms with van der Waals surface area (Å²) in [6.45, 7) is 5.26. The lowest BCUT2D eigenvalue weighted by molar-refractivity contribution is -0.120. The Balaban J connectivity index is 2.46. The van der Waals surface area contributed by atoms with Gasteiger partial charge in [0, 0.05) is 19.2 Å². The first-order valence-electron chi connectivity index (χ1n) is 6.19. The van der Waals surface area contributed by atoms with E-state index in [-0.39, 0.29) is 11.9 Å². The molecule has 0 saturated heterocycles. The van der Waals surface area contributed by atoms with Crippen molar-refractivity contribution in [2.75, 3.05) is 32.2 Å². The Bertz CT molecular complexity index is 471. The molecule has 1 aromatic carbocycles. The number of fused-ring (bicyclic) bond motifs is 1. The zero-order valence-corrected chi connectivity index (χ0v) is 11.4. The molecule has 1 amide bonds. The maximum Gasteiger partial charge on any atom is 0.248 e. The monoisotopic (exact) mass is 248 g/mol. The molecule has 0 spiro atoms. The molecule has 4 heteroatoms. The minimum Gasteiger partial charge on any atom is -0.383 e. The Kier molecular flexibility index (Phi) is 3.68. The largest absolute Gasteiger partial charge is 0.383 e. The average Bonchev–Trinajstić information content (AvgIpc) is 2.58. The van der Waals surface area contributed by atoms with E-state index >= 15 is 0 Å². The molecule has 1 aliphatic heterocycles. The quantitative estimate of drug-likeness (QED) is 0.879. The van der Waals surface area contributed by atoms with Crippen LogP contribution in [0.15, 0.2) is 12.1 Å². The third-order valence-electron chi connectivity index (χ3n) is 3.38. The fourth-order valence-corrected chi connectivity index (χ4v) is 2.66. The van der Waals surface area contributed by atoms with E-state index in [9.17, 15) is 4.79 Å². The molecule has 0 aliphatic carbocycles. The van der Waals surface area contributed by atoms with Crippen molar-refractivity contribution in [1.82, 2.24) is 5.32 Å². The summed E-state index contributed by atoms with van der Waals surface area (Å²) < 4.78 is 5.09. The summed E-state index contributed by atoms with van der Waals surface area (Å²) in [5, 5.41) is 3.10. The summed E-state index contributed by atoms with van der Waals surface area (Å²) >= 11 is 0. The third kappa shape index (κ3) is 2.02. The second kappa shape index (κ2) is 5.08. The van der Waals surface area contributed by atoms with Crippen molar-refractivity contribution in [3.05, 3.63) is 28.8 Å². The molecule has 1 heterocycles. The highest BCUT2D eigenvalue weighted by Gasteiger charge is 2.37. The second-order valence-electron chi connectivity index (χ2n) is 4.72. The van der Waals surface area contributed by atoms with Gasteiger partial charge < -0.3 is 15.0 Å². The molecule has 0 fully saturated rings. The molecule has 18 heavy (non-hydrogen) atoms. The molecule has 2 rings (SSSR count). The molecule has 1 N–H and O–H groups in total. The van der Waals surface area contributed by atoms with Crippen LogP contribution < -0.4 is 10.2 Å². The van der Waals surface area contributed by atoms with Crippen molar-refractivity contribution < 1.29 is 9.53 Å². The molecule has 0 saturated carbocycles. The number of hydrogen-bond donors (Lipinski definition) is 1. The maximum atomic E-state index is 12.4. The van der Waals surface area contributed by atoms with Gasteiger partial charge in [-0.2, -0.15) is 0 Å². The number of anilines is 1. The first kappa shape index (κ1) is 13.1. The highest BCUT2D eigenvalue weighted by molar-refractivity contribution is 6.05. The van der Waals surface area contributed by atoms with E-state index in [1.807, 2.05) is 11.9 Å². The van der Waals surface area contributed by atoms with Crippen LogP contribution in [0, 0.1) is 13.8 Å². The van der Waals surface area contributed by atoms with Crippen molar-refractivity contribution in [2.24, 2.45) is 0 Å². The Labute approximate surface area is 108 Å². The summed E-state index contributed by atoms with van der Waals surface area (Å²) in [6.07, 6.45) is 0. The first-order chi connectivity index (χ1) is 8.60. The normalized spacial score (nSPS) is 18.3. The van der Waals surface area contributed by atoms with Crippen molar-refractivity contribution in [3.8, 4) is 0 Å². The number of aryl methyl sites for hydroxylation is 2. The van der Waals surface area contributed by atoms with Gasteiger partial charge in [-0.1, -0.05) is 17.7 Å². The van der Waals surface area contributed by atoms with E-state index in [1.54, 1.807) is 7.11 Å². The van der Waals surface area contributed by atoms with Crippen LogP contribution in [0.1, 0.15) is 22.7 Å². The highest BCUT2D eigenvalue weighted by atomic mass is 16.5. The molecule has 4 nitrogen and oxygen atoms in total. The van der Waals surface area contributed by atoms with Crippen LogP contribution in [0.2, 0.25) is 0 Å². The smallest absolute Gasteiger partial charge is 0.248 e. The molecule has 0 bridgehead atoms. The van der Waals surface area contributed by atoms with Crippen LogP contribution in [0.3, 0.4) is 0 Å². The Morgan fingerprint density at radius 2 is 2.11 bits per heavy atom. The number of carbonyl (C=O) groups excluding carboxylic acids is 1. The zero-order chi connectivity index (χ0) is 13.3. The zero-order valence-electron chi connectivity index (χ0n) is 11.4. The Morgan fingerprint density at radius 1 is 1.39 bits per heavy atom. The van der Waals surface area contributed by atoms with Crippen molar-refractivity contribution >= 4 is 11.6 Å². The number of likely N-dealkylation sites (N-methyl/N-ethyl adjacent to an activating group) is 1. The van der Waals surface area contributed by atoms with Crippen molar-refractivity contribution in [2.45, 2.75) is 19.9 Å². The molecular formula is C14H20N2O2. The van der Waals surface area contributed by atoms with E-state index in [0.29, 0.717) is 13.2 Å². The topological polar surface area (TPSA) is 41.6 Å². The number of hydrogen-bond acceptors (Lipinski definition) is 3. The molecule has 98 valence electrons. The minimum absolute atomic E-state index is 0.109. The van der Waals surface area contributed by atoms with E-state index in [0.717, 1.165) is 16.8 Å². The molecule has 1 unspecified atom stereocenters. The van der Waals surface area contributed by atoms with Crippen LogP contribution in [-0.4, -0.2) is 33.2 Å². The van der Waals surface area contributed by atoms with Gasteiger partial charge in [-0.15, -0.1) is 0 Å². The van der Waals surface area contributed by atoms with E-state index in [2.05, 4.69) is 31.3 Å². The number of nitrogens with one attached hydrogen (secondary N) is 1.